The number of non-ortho nitro benzene ring substituents is 1. The molecule has 0 bridgehead atoms. The van der Waals surface area contributed by atoms with Crippen LogP contribution in [0.5, 0.6) is 5.75 Å². The smallest absolute Gasteiger partial charge is 0.276 e. The van der Waals surface area contributed by atoms with Gasteiger partial charge < -0.3 is 14.1 Å². The quantitative estimate of drug-likeness (QED) is 0.288. The van der Waals surface area contributed by atoms with Crippen LogP contribution in [0.2, 0.25) is 0 Å². The first-order chi connectivity index (χ1) is 11.7. The zero-order chi connectivity index (χ0) is 16.8. The Kier molecular flexibility index (Phi) is 5.12. The highest BCUT2D eigenvalue weighted by atomic mass is 32.2. The third-order valence-corrected chi connectivity index (χ3v) is 3.97. The van der Waals surface area contributed by atoms with E-state index >= 15 is 0 Å². The van der Waals surface area contributed by atoms with Gasteiger partial charge in [-0.2, -0.15) is 0 Å². The second kappa shape index (κ2) is 7.64. The SMILES string of the molecule is O=[N+]([O-])c1ccc(OCCCSc2nnc(-c3ccc[nH]3)o2)cc1. The second-order valence-corrected chi connectivity index (χ2v) is 5.80. The molecule has 0 unspecified atom stereocenters. The van der Waals surface area contributed by atoms with Crippen molar-refractivity contribution in [1.82, 2.24) is 15.2 Å². The molecule has 2 aromatic heterocycles. The average molecular weight is 346 g/mol. The fourth-order valence-electron chi connectivity index (χ4n) is 1.91. The van der Waals surface area contributed by atoms with E-state index in [1.54, 1.807) is 18.3 Å². The van der Waals surface area contributed by atoms with Crippen LogP contribution in [0.1, 0.15) is 6.42 Å². The van der Waals surface area contributed by atoms with E-state index in [4.69, 9.17) is 9.15 Å². The largest absolute Gasteiger partial charge is 0.494 e. The van der Waals surface area contributed by atoms with E-state index in [1.807, 2.05) is 12.1 Å². The van der Waals surface area contributed by atoms with Crippen LogP contribution in [0.25, 0.3) is 11.6 Å². The van der Waals surface area contributed by atoms with Gasteiger partial charge in [0.2, 0.25) is 0 Å². The van der Waals surface area contributed by atoms with Gasteiger partial charge in [0.1, 0.15) is 11.4 Å². The molecule has 0 atom stereocenters. The first kappa shape index (κ1) is 16.1. The summed E-state index contributed by atoms with van der Waals surface area (Å²) in [5, 5.41) is 19.0. The number of benzene rings is 1. The van der Waals surface area contributed by atoms with Gasteiger partial charge in [-0.1, -0.05) is 11.8 Å². The van der Waals surface area contributed by atoms with Gasteiger partial charge in [0, 0.05) is 24.1 Å². The maximum atomic E-state index is 10.6. The number of nitro groups is 1. The summed E-state index contributed by atoms with van der Waals surface area (Å²) in [6.45, 7) is 0.502. The maximum absolute atomic E-state index is 10.6. The van der Waals surface area contributed by atoms with Gasteiger partial charge in [0.15, 0.2) is 0 Å². The van der Waals surface area contributed by atoms with Gasteiger partial charge in [-0.25, -0.2) is 0 Å². The minimum atomic E-state index is -0.438. The normalized spacial score (nSPS) is 10.7. The van der Waals surface area contributed by atoms with Crippen molar-refractivity contribution in [3.05, 3.63) is 52.7 Å². The fraction of sp³-hybridized carbons (Fsp3) is 0.200. The third-order valence-electron chi connectivity index (χ3n) is 3.07. The van der Waals surface area contributed by atoms with E-state index in [0.717, 1.165) is 17.9 Å². The summed E-state index contributed by atoms with van der Waals surface area (Å²) in [7, 11) is 0. The predicted molar refractivity (Wildman–Crippen MR) is 88.0 cm³/mol. The number of aromatic amines is 1. The number of H-pyrrole nitrogens is 1. The first-order valence-corrected chi connectivity index (χ1v) is 8.18. The number of nitrogens with zero attached hydrogens (tertiary/aromatic N) is 3. The molecule has 0 saturated carbocycles. The van der Waals surface area contributed by atoms with Crippen LogP contribution in [0, 0.1) is 10.1 Å². The highest BCUT2D eigenvalue weighted by Crippen LogP contribution is 2.22. The Morgan fingerprint density at radius 2 is 2.08 bits per heavy atom. The van der Waals surface area contributed by atoms with Crippen LogP contribution in [-0.2, 0) is 0 Å². The number of thioether (sulfide) groups is 1. The molecule has 0 aliphatic heterocycles. The van der Waals surface area contributed by atoms with Gasteiger partial charge in [-0.15, -0.1) is 10.2 Å². The molecular formula is C15H14N4O4S. The van der Waals surface area contributed by atoms with Crippen molar-refractivity contribution in [2.24, 2.45) is 0 Å². The Morgan fingerprint density at radius 1 is 1.25 bits per heavy atom. The van der Waals surface area contributed by atoms with Gasteiger partial charge in [-0.3, -0.25) is 10.1 Å². The van der Waals surface area contributed by atoms with E-state index < -0.39 is 4.92 Å². The molecule has 1 aromatic carbocycles. The monoisotopic (exact) mass is 346 g/mol. The molecule has 8 nitrogen and oxygen atoms in total. The summed E-state index contributed by atoms with van der Waals surface area (Å²) >= 11 is 1.46. The van der Waals surface area contributed by atoms with Crippen molar-refractivity contribution >= 4 is 17.4 Å². The highest BCUT2D eigenvalue weighted by molar-refractivity contribution is 7.99. The fourth-order valence-corrected chi connectivity index (χ4v) is 2.59. The van der Waals surface area contributed by atoms with Crippen LogP contribution in [0.4, 0.5) is 5.69 Å². The molecule has 3 rings (SSSR count). The molecule has 3 aromatic rings. The van der Waals surface area contributed by atoms with E-state index in [0.29, 0.717) is 23.5 Å². The van der Waals surface area contributed by atoms with Gasteiger partial charge in [-0.05, 0) is 30.7 Å². The minimum Gasteiger partial charge on any atom is -0.494 e. The van der Waals surface area contributed by atoms with Crippen molar-refractivity contribution in [1.29, 1.82) is 0 Å². The summed E-state index contributed by atoms with van der Waals surface area (Å²) in [4.78, 5) is 13.1. The lowest BCUT2D eigenvalue weighted by Crippen LogP contribution is -1.98. The van der Waals surface area contributed by atoms with Crippen molar-refractivity contribution in [3.8, 4) is 17.3 Å². The molecule has 0 saturated heterocycles. The molecule has 0 radical (unpaired) electrons. The lowest BCUT2D eigenvalue weighted by molar-refractivity contribution is -0.384. The maximum Gasteiger partial charge on any atom is 0.276 e. The Bertz CT molecular complexity index is 786. The molecule has 0 aliphatic rings. The molecule has 0 fully saturated rings. The summed E-state index contributed by atoms with van der Waals surface area (Å²) in [6, 6.07) is 9.75. The lowest BCUT2D eigenvalue weighted by atomic mass is 10.3. The number of ether oxygens (including phenoxy) is 1. The predicted octanol–water partition coefficient (Wildman–Crippen LogP) is 3.53. The number of rotatable bonds is 8. The second-order valence-electron chi connectivity index (χ2n) is 4.76. The summed E-state index contributed by atoms with van der Waals surface area (Å²) in [5.41, 5.74) is 0.836. The van der Waals surface area contributed by atoms with Gasteiger partial charge in [0.05, 0.1) is 11.5 Å². The molecular weight excluding hydrogens is 332 g/mol. The van der Waals surface area contributed by atoms with Crippen LogP contribution in [0.15, 0.2) is 52.2 Å². The molecule has 124 valence electrons. The Morgan fingerprint density at radius 3 is 2.79 bits per heavy atom. The highest BCUT2D eigenvalue weighted by Gasteiger charge is 2.09. The van der Waals surface area contributed by atoms with E-state index in [9.17, 15) is 10.1 Å². The van der Waals surface area contributed by atoms with E-state index in [1.165, 1.54) is 23.9 Å². The molecule has 1 N–H and O–H groups in total. The van der Waals surface area contributed by atoms with E-state index in [2.05, 4.69) is 15.2 Å². The number of nitrogens with one attached hydrogen (secondary N) is 1. The topological polar surface area (TPSA) is 107 Å². The molecule has 0 spiro atoms. The van der Waals surface area contributed by atoms with E-state index in [-0.39, 0.29) is 5.69 Å². The van der Waals surface area contributed by atoms with Crippen LogP contribution in [0.3, 0.4) is 0 Å². The molecule has 0 aliphatic carbocycles. The van der Waals surface area contributed by atoms with Crippen LogP contribution >= 0.6 is 11.8 Å². The van der Waals surface area contributed by atoms with Crippen molar-refractivity contribution in [2.45, 2.75) is 11.6 Å². The number of nitro benzene ring substituents is 1. The average Bonchev–Trinajstić information content (AvgIpc) is 3.26. The van der Waals surface area contributed by atoms with Gasteiger partial charge in [0.25, 0.3) is 16.8 Å². The summed E-state index contributed by atoms with van der Waals surface area (Å²) < 4.78 is 11.1. The van der Waals surface area contributed by atoms with Crippen LogP contribution < -0.4 is 4.74 Å². The molecule has 9 heteroatoms. The number of hydrogen-bond acceptors (Lipinski definition) is 7. The number of hydrogen-bond donors (Lipinski definition) is 1. The Balaban J connectivity index is 1.39. The first-order valence-electron chi connectivity index (χ1n) is 7.20. The van der Waals surface area contributed by atoms with Gasteiger partial charge >= 0.3 is 0 Å². The third kappa shape index (κ3) is 4.13. The van der Waals surface area contributed by atoms with Crippen LogP contribution in [-0.4, -0.2) is 32.5 Å². The Labute approximate surface area is 141 Å². The lowest BCUT2D eigenvalue weighted by Gasteiger charge is -2.04. The molecule has 0 amide bonds. The summed E-state index contributed by atoms with van der Waals surface area (Å²) in [6.07, 6.45) is 2.57. The summed E-state index contributed by atoms with van der Waals surface area (Å²) in [5.74, 6) is 1.83. The minimum absolute atomic E-state index is 0.0483. The number of aromatic nitrogens is 3. The van der Waals surface area contributed by atoms with Crippen molar-refractivity contribution in [3.63, 3.8) is 0 Å². The van der Waals surface area contributed by atoms with Crippen molar-refractivity contribution < 1.29 is 14.1 Å². The standard InChI is InChI=1S/C15H14N4O4S/c20-19(21)11-4-6-12(7-5-11)22-9-2-10-24-15-18-17-14(23-15)13-3-1-8-16-13/h1,3-8,16H,2,9-10H2. The zero-order valence-corrected chi connectivity index (χ0v) is 13.4. The molecule has 24 heavy (non-hydrogen) atoms. The van der Waals surface area contributed by atoms with Crippen molar-refractivity contribution in [2.75, 3.05) is 12.4 Å². The molecule has 2 heterocycles. The Hall–Kier alpha value is -2.81. The zero-order valence-electron chi connectivity index (χ0n) is 12.5.